The van der Waals surface area contributed by atoms with E-state index in [0.717, 1.165) is 0 Å². The van der Waals surface area contributed by atoms with E-state index >= 15 is 0 Å². The number of hydrogen-bond acceptors (Lipinski definition) is 3. The average Bonchev–Trinajstić information content (AvgIpc) is 2.04. The zero-order valence-electron chi connectivity index (χ0n) is 6.53. The minimum atomic E-state index is -0.0724. The van der Waals surface area contributed by atoms with Gasteiger partial charge in [0.25, 0.3) is 0 Å². The summed E-state index contributed by atoms with van der Waals surface area (Å²) in [6.07, 6.45) is 1.53. The van der Waals surface area contributed by atoms with Gasteiger partial charge >= 0.3 is 0 Å². The Balaban J connectivity index is 2.88. The standard InChI is InChI=1S/C9H10O3/c1-2-6-12-9-7(10)4-3-5-8(9)11/h2-5,10-11H,1,6H2. The van der Waals surface area contributed by atoms with Gasteiger partial charge in [0.1, 0.15) is 6.61 Å². The van der Waals surface area contributed by atoms with Crippen molar-refractivity contribution in [3.8, 4) is 17.2 Å². The molecule has 0 atom stereocenters. The van der Waals surface area contributed by atoms with Crippen molar-refractivity contribution in [2.24, 2.45) is 0 Å². The van der Waals surface area contributed by atoms with E-state index in [0.29, 0.717) is 0 Å². The van der Waals surface area contributed by atoms with Crippen LogP contribution in [-0.2, 0) is 0 Å². The summed E-state index contributed by atoms with van der Waals surface area (Å²) in [5, 5.41) is 18.4. The Morgan fingerprint density at radius 2 is 1.92 bits per heavy atom. The molecule has 0 unspecified atom stereocenters. The van der Waals surface area contributed by atoms with E-state index in [1.165, 1.54) is 24.3 Å². The van der Waals surface area contributed by atoms with E-state index < -0.39 is 0 Å². The lowest BCUT2D eigenvalue weighted by molar-refractivity contribution is 0.314. The number of rotatable bonds is 3. The topological polar surface area (TPSA) is 49.7 Å². The van der Waals surface area contributed by atoms with Crippen molar-refractivity contribution < 1.29 is 14.9 Å². The van der Waals surface area contributed by atoms with Gasteiger partial charge in [-0.3, -0.25) is 0 Å². The molecule has 0 spiro atoms. The van der Waals surface area contributed by atoms with Crippen molar-refractivity contribution in [1.29, 1.82) is 0 Å². The molecule has 0 aliphatic rings. The first kappa shape index (κ1) is 8.46. The summed E-state index contributed by atoms with van der Waals surface area (Å²) in [5.74, 6) is -0.0499. The predicted octanol–water partition coefficient (Wildman–Crippen LogP) is 1.66. The van der Waals surface area contributed by atoms with Gasteiger partial charge < -0.3 is 14.9 Å². The molecule has 1 aromatic carbocycles. The van der Waals surface area contributed by atoms with Crippen LogP contribution in [0.3, 0.4) is 0 Å². The summed E-state index contributed by atoms with van der Waals surface area (Å²) < 4.78 is 5.00. The van der Waals surface area contributed by atoms with Crippen molar-refractivity contribution >= 4 is 0 Å². The fourth-order valence-corrected chi connectivity index (χ4v) is 0.803. The largest absolute Gasteiger partial charge is 0.504 e. The van der Waals surface area contributed by atoms with Crippen LogP contribution < -0.4 is 4.74 Å². The molecule has 0 radical (unpaired) electrons. The molecular weight excluding hydrogens is 156 g/mol. The van der Waals surface area contributed by atoms with Gasteiger partial charge in [0.15, 0.2) is 11.5 Å². The summed E-state index contributed by atoms with van der Waals surface area (Å²) in [7, 11) is 0. The molecule has 0 fully saturated rings. The SMILES string of the molecule is C=CCOc1c(O)cccc1O. The van der Waals surface area contributed by atoms with Crippen LogP contribution in [0.15, 0.2) is 30.9 Å². The minimum absolute atomic E-state index is 0.0724. The van der Waals surface area contributed by atoms with Gasteiger partial charge in [-0.15, -0.1) is 0 Å². The molecule has 0 aliphatic heterocycles. The first-order valence-electron chi connectivity index (χ1n) is 3.50. The van der Waals surface area contributed by atoms with Crippen LogP contribution in [0.2, 0.25) is 0 Å². The fourth-order valence-electron chi connectivity index (χ4n) is 0.803. The first-order valence-corrected chi connectivity index (χ1v) is 3.50. The van der Waals surface area contributed by atoms with Crippen LogP contribution in [-0.4, -0.2) is 16.8 Å². The Bertz CT molecular complexity index is 261. The summed E-state index contributed by atoms with van der Waals surface area (Å²) in [6.45, 7) is 3.70. The highest BCUT2D eigenvalue weighted by Crippen LogP contribution is 2.34. The van der Waals surface area contributed by atoms with Crippen LogP contribution >= 0.6 is 0 Å². The molecule has 0 bridgehead atoms. The van der Waals surface area contributed by atoms with Gasteiger partial charge in [-0.1, -0.05) is 18.7 Å². The monoisotopic (exact) mass is 166 g/mol. The van der Waals surface area contributed by atoms with Crippen LogP contribution in [0.4, 0.5) is 0 Å². The fraction of sp³-hybridized carbons (Fsp3) is 0.111. The molecule has 1 aromatic rings. The molecule has 0 aromatic heterocycles. The minimum Gasteiger partial charge on any atom is -0.504 e. The highest BCUT2D eigenvalue weighted by Gasteiger charge is 2.05. The number of para-hydroxylation sites is 1. The lowest BCUT2D eigenvalue weighted by Gasteiger charge is -2.06. The quantitative estimate of drug-likeness (QED) is 0.671. The third-order valence-corrected chi connectivity index (χ3v) is 1.32. The van der Waals surface area contributed by atoms with Crippen LogP contribution in [0.1, 0.15) is 0 Å². The lowest BCUT2D eigenvalue weighted by atomic mass is 10.3. The first-order chi connectivity index (χ1) is 5.75. The van der Waals surface area contributed by atoms with Gasteiger partial charge in [-0.25, -0.2) is 0 Å². The van der Waals surface area contributed by atoms with Crippen LogP contribution in [0, 0.1) is 0 Å². The summed E-state index contributed by atoms with van der Waals surface area (Å²) in [5.41, 5.74) is 0. The maximum Gasteiger partial charge on any atom is 0.203 e. The van der Waals surface area contributed by atoms with Crippen molar-refractivity contribution in [1.82, 2.24) is 0 Å². The Morgan fingerprint density at radius 3 is 2.42 bits per heavy atom. The molecule has 0 amide bonds. The Kier molecular flexibility index (Phi) is 2.58. The van der Waals surface area contributed by atoms with Crippen molar-refractivity contribution in [3.05, 3.63) is 30.9 Å². The van der Waals surface area contributed by atoms with Crippen molar-refractivity contribution in [2.75, 3.05) is 6.61 Å². The van der Waals surface area contributed by atoms with E-state index in [2.05, 4.69) is 6.58 Å². The summed E-state index contributed by atoms with van der Waals surface area (Å²) in [4.78, 5) is 0. The van der Waals surface area contributed by atoms with Crippen LogP contribution in [0.5, 0.6) is 17.2 Å². The maximum absolute atomic E-state index is 9.20. The highest BCUT2D eigenvalue weighted by molar-refractivity contribution is 5.49. The lowest BCUT2D eigenvalue weighted by Crippen LogP contribution is -1.93. The second kappa shape index (κ2) is 3.67. The van der Waals surface area contributed by atoms with E-state index in [-0.39, 0.29) is 23.9 Å². The smallest absolute Gasteiger partial charge is 0.203 e. The molecule has 0 saturated heterocycles. The molecule has 1 rings (SSSR count). The van der Waals surface area contributed by atoms with E-state index in [9.17, 15) is 10.2 Å². The molecule has 2 N–H and O–H groups in total. The molecule has 64 valence electrons. The van der Waals surface area contributed by atoms with Gasteiger partial charge in [0.05, 0.1) is 0 Å². The summed E-state index contributed by atoms with van der Waals surface area (Å²) in [6, 6.07) is 4.42. The summed E-state index contributed by atoms with van der Waals surface area (Å²) >= 11 is 0. The zero-order chi connectivity index (χ0) is 8.97. The zero-order valence-corrected chi connectivity index (χ0v) is 6.53. The van der Waals surface area contributed by atoms with E-state index in [1.807, 2.05) is 0 Å². The highest BCUT2D eigenvalue weighted by atomic mass is 16.5. The van der Waals surface area contributed by atoms with Gasteiger partial charge in [-0.2, -0.15) is 0 Å². The molecule has 0 heterocycles. The maximum atomic E-state index is 9.20. The van der Waals surface area contributed by atoms with Gasteiger partial charge in [0, 0.05) is 0 Å². The number of ether oxygens (including phenoxy) is 1. The molecular formula is C9H10O3. The second-order valence-electron chi connectivity index (χ2n) is 2.23. The molecule has 0 aliphatic carbocycles. The van der Waals surface area contributed by atoms with E-state index in [1.54, 1.807) is 0 Å². The third-order valence-electron chi connectivity index (χ3n) is 1.32. The number of aromatic hydroxyl groups is 2. The Hall–Kier alpha value is -1.64. The van der Waals surface area contributed by atoms with Crippen LogP contribution in [0.25, 0.3) is 0 Å². The van der Waals surface area contributed by atoms with Gasteiger partial charge in [0.2, 0.25) is 5.75 Å². The number of phenolic OH excluding ortho intramolecular Hbond substituents is 2. The molecule has 12 heavy (non-hydrogen) atoms. The number of hydrogen-bond donors (Lipinski definition) is 2. The second-order valence-corrected chi connectivity index (χ2v) is 2.23. The molecule has 3 heteroatoms. The number of benzene rings is 1. The Morgan fingerprint density at radius 1 is 1.33 bits per heavy atom. The number of phenols is 2. The molecule has 3 nitrogen and oxygen atoms in total. The normalized spacial score (nSPS) is 9.33. The molecule has 0 saturated carbocycles. The van der Waals surface area contributed by atoms with Crippen molar-refractivity contribution in [2.45, 2.75) is 0 Å². The average molecular weight is 166 g/mol. The Labute approximate surface area is 70.5 Å². The van der Waals surface area contributed by atoms with Crippen molar-refractivity contribution in [3.63, 3.8) is 0 Å². The van der Waals surface area contributed by atoms with Gasteiger partial charge in [-0.05, 0) is 12.1 Å². The van der Waals surface area contributed by atoms with E-state index in [4.69, 9.17) is 4.74 Å². The predicted molar refractivity (Wildman–Crippen MR) is 45.5 cm³/mol. The third kappa shape index (κ3) is 1.69.